The molecule has 0 aromatic heterocycles. The fraction of sp³-hybridized carbons (Fsp3) is 0.538. The maximum atomic E-state index is 13.1. The maximum Gasteiger partial charge on any atom is 0.419 e. The molecular formula is C13H15F4N. The third-order valence-electron chi connectivity index (χ3n) is 3.25. The molecule has 100 valence electrons. The number of hydrogen-bond donors (Lipinski definition) is 1. The summed E-state index contributed by atoms with van der Waals surface area (Å²) < 4.78 is 50.7. The minimum Gasteiger partial charge on any atom is -0.382 e. The van der Waals surface area contributed by atoms with E-state index < -0.39 is 17.6 Å². The molecule has 0 amide bonds. The predicted molar refractivity (Wildman–Crippen MR) is 61.9 cm³/mol. The number of alkyl halides is 3. The zero-order chi connectivity index (χ0) is 13.2. The van der Waals surface area contributed by atoms with Crippen LogP contribution in [0.1, 0.15) is 37.7 Å². The molecule has 2 rings (SSSR count). The van der Waals surface area contributed by atoms with Crippen LogP contribution in [0.15, 0.2) is 18.2 Å². The lowest BCUT2D eigenvalue weighted by Crippen LogP contribution is -2.22. The van der Waals surface area contributed by atoms with Crippen molar-refractivity contribution in [3.63, 3.8) is 0 Å². The molecule has 1 N–H and O–H groups in total. The van der Waals surface area contributed by atoms with Gasteiger partial charge in [-0.1, -0.05) is 19.3 Å². The van der Waals surface area contributed by atoms with E-state index in [0.29, 0.717) is 5.69 Å². The van der Waals surface area contributed by atoms with Crippen LogP contribution in [-0.2, 0) is 6.18 Å². The summed E-state index contributed by atoms with van der Waals surface area (Å²) in [4.78, 5) is 0. The first-order valence-corrected chi connectivity index (χ1v) is 6.10. The third-order valence-corrected chi connectivity index (χ3v) is 3.25. The summed E-state index contributed by atoms with van der Waals surface area (Å²) in [5, 5.41) is 3.05. The molecule has 0 aliphatic heterocycles. The van der Waals surface area contributed by atoms with E-state index in [9.17, 15) is 17.6 Å². The van der Waals surface area contributed by atoms with Gasteiger partial charge in [-0.25, -0.2) is 4.39 Å². The molecule has 1 saturated carbocycles. The summed E-state index contributed by atoms with van der Waals surface area (Å²) in [5.41, 5.74) is -0.862. The highest BCUT2D eigenvalue weighted by Gasteiger charge is 2.34. The van der Waals surface area contributed by atoms with Crippen LogP contribution in [0.3, 0.4) is 0 Å². The van der Waals surface area contributed by atoms with E-state index in [1.165, 1.54) is 12.5 Å². The van der Waals surface area contributed by atoms with E-state index in [0.717, 1.165) is 37.8 Å². The minimum atomic E-state index is -4.64. The SMILES string of the molecule is Fc1ccc(NC2CCCCC2)cc1C(F)(F)F. The second-order valence-electron chi connectivity index (χ2n) is 4.67. The molecule has 5 heteroatoms. The molecule has 1 aromatic rings. The fourth-order valence-corrected chi connectivity index (χ4v) is 2.31. The Morgan fingerprint density at radius 2 is 1.72 bits per heavy atom. The van der Waals surface area contributed by atoms with E-state index in [2.05, 4.69) is 5.32 Å². The van der Waals surface area contributed by atoms with Crippen LogP contribution in [0.2, 0.25) is 0 Å². The van der Waals surface area contributed by atoms with Gasteiger partial charge in [-0.2, -0.15) is 13.2 Å². The van der Waals surface area contributed by atoms with Gasteiger partial charge in [0.25, 0.3) is 0 Å². The summed E-state index contributed by atoms with van der Waals surface area (Å²) in [7, 11) is 0. The molecule has 0 bridgehead atoms. The quantitative estimate of drug-likeness (QED) is 0.768. The molecule has 0 atom stereocenters. The molecule has 1 aliphatic rings. The van der Waals surface area contributed by atoms with Crippen molar-refractivity contribution in [1.29, 1.82) is 0 Å². The Bertz CT molecular complexity index is 408. The Labute approximate surface area is 103 Å². The second kappa shape index (κ2) is 5.16. The van der Waals surface area contributed by atoms with Gasteiger partial charge in [-0.15, -0.1) is 0 Å². The molecule has 1 nitrogen and oxygen atoms in total. The first-order chi connectivity index (χ1) is 8.47. The maximum absolute atomic E-state index is 13.1. The van der Waals surface area contributed by atoms with Gasteiger partial charge in [0.1, 0.15) is 5.82 Å². The van der Waals surface area contributed by atoms with E-state index >= 15 is 0 Å². The summed E-state index contributed by atoms with van der Waals surface area (Å²) in [6.45, 7) is 0. The smallest absolute Gasteiger partial charge is 0.382 e. The van der Waals surface area contributed by atoms with Crippen LogP contribution in [0.25, 0.3) is 0 Å². The molecule has 1 aliphatic carbocycles. The van der Waals surface area contributed by atoms with E-state index in [1.807, 2.05) is 0 Å². The van der Waals surface area contributed by atoms with Crippen LogP contribution >= 0.6 is 0 Å². The van der Waals surface area contributed by atoms with Crippen molar-refractivity contribution in [3.05, 3.63) is 29.6 Å². The van der Waals surface area contributed by atoms with E-state index in [1.54, 1.807) is 0 Å². The Hall–Kier alpha value is -1.26. The topological polar surface area (TPSA) is 12.0 Å². The molecule has 0 radical (unpaired) electrons. The van der Waals surface area contributed by atoms with Crippen molar-refractivity contribution < 1.29 is 17.6 Å². The Kier molecular flexibility index (Phi) is 3.78. The number of rotatable bonds is 2. The zero-order valence-corrected chi connectivity index (χ0v) is 9.86. The molecular weight excluding hydrogens is 246 g/mol. The summed E-state index contributed by atoms with van der Waals surface area (Å²) in [6, 6.07) is 3.28. The van der Waals surface area contributed by atoms with Gasteiger partial charge in [0, 0.05) is 11.7 Å². The monoisotopic (exact) mass is 261 g/mol. The van der Waals surface area contributed by atoms with Crippen LogP contribution < -0.4 is 5.32 Å². The lowest BCUT2D eigenvalue weighted by molar-refractivity contribution is -0.139. The van der Waals surface area contributed by atoms with Crippen LogP contribution in [0.4, 0.5) is 23.2 Å². The predicted octanol–water partition coefficient (Wildman–Crippen LogP) is 4.59. The number of nitrogens with one attached hydrogen (secondary N) is 1. The first-order valence-electron chi connectivity index (χ1n) is 6.10. The molecule has 0 saturated heterocycles. The first kappa shape index (κ1) is 13.2. The molecule has 18 heavy (non-hydrogen) atoms. The second-order valence-corrected chi connectivity index (χ2v) is 4.67. The van der Waals surface area contributed by atoms with Crippen molar-refractivity contribution in [1.82, 2.24) is 0 Å². The summed E-state index contributed by atoms with van der Waals surface area (Å²) in [6.07, 6.45) is 0.622. The molecule has 0 spiro atoms. The molecule has 0 unspecified atom stereocenters. The highest BCUT2D eigenvalue weighted by atomic mass is 19.4. The van der Waals surface area contributed by atoms with Gasteiger partial charge >= 0.3 is 6.18 Å². The third kappa shape index (κ3) is 3.15. The normalized spacial score (nSPS) is 17.8. The Morgan fingerprint density at radius 1 is 1.06 bits per heavy atom. The Morgan fingerprint density at radius 3 is 2.33 bits per heavy atom. The van der Waals surface area contributed by atoms with Crippen LogP contribution in [0.5, 0.6) is 0 Å². The van der Waals surface area contributed by atoms with Gasteiger partial charge in [-0.05, 0) is 31.0 Å². The van der Waals surface area contributed by atoms with Crippen molar-refractivity contribution in [2.45, 2.75) is 44.3 Å². The van der Waals surface area contributed by atoms with E-state index in [4.69, 9.17) is 0 Å². The Balaban J connectivity index is 2.14. The zero-order valence-electron chi connectivity index (χ0n) is 9.86. The fourth-order valence-electron chi connectivity index (χ4n) is 2.31. The number of hydrogen-bond acceptors (Lipinski definition) is 1. The lowest BCUT2D eigenvalue weighted by Gasteiger charge is -2.24. The largest absolute Gasteiger partial charge is 0.419 e. The summed E-state index contributed by atoms with van der Waals surface area (Å²) >= 11 is 0. The van der Waals surface area contributed by atoms with Crippen molar-refractivity contribution in [3.8, 4) is 0 Å². The van der Waals surface area contributed by atoms with Gasteiger partial charge in [0.05, 0.1) is 5.56 Å². The lowest BCUT2D eigenvalue weighted by atomic mass is 9.95. The molecule has 1 aromatic carbocycles. The van der Waals surface area contributed by atoms with Crippen LogP contribution in [0, 0.1) is 5.82 Å². The van der Waals surface area contributed by atoms with Crippen LogP contribution in [-0.4, -0.2) is 6.04 Å². The number of anilines is 1. The highest BCUT2D eigenvalue weighted by Crippen LogP contribution is 2.33. The average molecular weight is 261 g/mol. The van der Waals surface area contributed by atoms with E-state index in [-0.39, 0.29) is 6.04 Å². The standard InChI is InChI=1S/C13H15F4N/c14-12-7-6-10(8-11(12)13(15,16)17)18-9-4-2-1-3-5-9/h6-9,18H,1-5H2. The number of benzene rings is 1. The van der Waals surface area contributed by atoms with Gasteiger partial charge in [-0.3, -0.25) is 0 Å². The number of halogens is 4. The minimum absolute atomic E-state index is 0.199. The van der Waals surface area contributed by atoms with Gasteiger partial charge < -0.3 is 5.32 Å². The van der Waals surface area contributed by atoms with Gasteiger partial charge in [0.15, 0.2) is 0 Å². The molecule has 1 fully saturated rings. The summed E-state index contributed by atoms with van der Waals surface area (Å²) in [5.74, 6) is -1.23. The van der Waals surface area contributed by atoms with Crippen molar-refractivity contribution >= 4 is 5.69 Å². The average Bonchev–Trinajstić information content (AvgIpc) is 2.31. The highest BCUT2D eigenvalue weighted by molar-refractivity contribution is 5.47. The van der Waals surface area contributed by atoms with Crippen molar-refractivity contribution in [2.75, 3.05) is 5.32 Å². The molecule has 0 heterocycles. The van der Waals surface area contributed by atoms with Gasteiger partial charge in [0.2, 0.25) is 0 Å². The van der Waals surface area contributed by atoms with Crippen molar-refractivity contribution in [2.24, 2.45) is 0 Å².